The van der Waals surface area contributed by atoms with Crippen LogP contribution in [0.2, 0.25) is 0 Å². The first-order chi connectivity index (χ1) is 16.8. The maximum absolute atomic E-state index is 13.0. The highest BCUT2D eigenvalue weighted by atomic mass is 32.2. The van der Waals surface area contributed by atoms with E-state index in [1.165, 1.54) is 32.1 Å². The number of rotatable bonds is 8. The van der Waals surface area contributed by atoms with Gasteiger partial charge in [0.25, 0.3) is 5.91 Å². The lowest BCUT2D eigenvalue weighted by Crippen LogP contribution is -2.52. The van der Waals surface area contributed by atoms with E-state index >= 15 is 0 Å². The van der Waals surface area contributed by atoms with E-state index in [1.54, 1.807) is 4.90 Å². The van der Waals surface area contributed by atoms with Crippen LogP contribution in [0.1, 0.15) is 87.6 Å². The number of imide groups is 1. The molecule has 190 valence electrons. The normalized spacial score (nSPS) is 32.5. The van der Waals surface area contributed by atoms with Gasteiger partial charge in [0, 0.05) is 29.0 Å². The predicted molar refractivity (Wildman–Crippen MR) is 138 cm³/mol. The zero-order chi connectivity index (χ0) is 24.6. The number of carbonyl (C=O) groups is 3. The van der Waals surface area contributed by atoms with E-state index in [-0.39, 0.29) is 24.1 Å². The largest absolute Gasteiger partial charge is 0.322 e. The van der Waals surface area contributed by atoms with Crippen LogP contribution in [0, 0.1) is 17.8 Å². The van der Waals surface area contributed by atoms with E-state index in [0.29, 0.717) is 24.1 Å². The van der Waals surface area contributed by atoms with Crippen molar-refractivity contribution in [3.8, 4) is 0 Å². The van der Waals surface area contributed by atoms with Crippen molar-refractivity contribution in [1.82, 2.24) is 15.5 Å². The van der Waals surface area contributed by atoms with Gasteiger partial charge in [-0.1, -0.05) is 13.0 Å². The molecule has 2 bridgehead atoms. The van der Waals surface area contributed by atoms with Crippen LogP contribution in [0.5, 0.6) is 0 Å². The fourth-order valence-electron chi connectivity index (χ4n) is 7.23. The van der Waals surface area contributed by atoms with Crippen LogP contribution in [-0.4, -0.2) is 46.5 Å². The molecule has 2 aliphatic carbocycles. The molecule has 0 spiro atoms. The van der Waals surface area contributed by atoms with Crippen molar-refractivity contribution in [3.05, 3.63) is 29.3 Å². The Hall–Kier alpha value is -1.86. The number of hydrogen-bond acceptors (Lipinski definition) is 5. The lowest BCUT2D eigenvalue weighted by atomic mass is 9.62. The van der Waals surface area contributed by atoms with Gasteiger partial charge in [0.2, 0.25) is 11.8 Å². The van der Waals surface area contributed by atoms with Crippen LogP contribution in [0.15, 0.2) is 23.1 Å². The highest BCUT2D eigenvalue weighted by molar-refractivity contribution is 7.99. The van der Waals surface area contributed by atoms with Crippen molar-refractivity contribution in [3.63, 3.8) is 0 Å². The van der Waals surface area contributed by atoms with Gasteiger partial charge in [-0.05, 0) is 106 Å². The Morgan fingerprint density at radius 1 is 1.11 bits per heavy atom. The number of hydrogen-bond donors (Lipinski definition) is 2. The molecule has 0 radical (unpaired) electrons. The fourth-order valence-corrected chi connectivity index (χ4v) is 8.32. The third-order valence-electron chi connectivity index (χ3n) is 8.54. The minimum absolute atomic E-state index is 0.0963. The summed E-state index contributed by atoms with van der Waals surface area (Å²) in [6.45, 7) is 6.39. The van der Waals surface area contributed by atoms with Crippen LogP contribution >= 0.6 is 11.8 Å². The molecule has 5 rings (SSSR count). The van der Waals surface area contributed by atoms with Crippen LogP contribution in [0.4, 0.5) is 0 Å². The molecule has 0 aromatic heterocycles. The van der Waals surface area contributed by atoms with Gasteiger partial charge in [-0.25, -0.2) is 0 Å². The standard InChI is InChI=1S/C28H39N3O3S/c1-18-12-19-14-20(13-18)16-28(2,15-19)29-10-3-4-11-35-24-7-5-6-21-22(24)17-31(27(21)34)23-8-9-25(32)30-26(23)33/h5-7,18-20,23,29H,3-4,8-17H2,1-2H3,(H,30,32,33). The Balaban J connectivity index is 1.09. The second-order valence-electron chi connectivity index (χ2n) is 11.7. The predicted octanol–water partition coefficient (Wildman–Crippen LogP) is 4.51. The van der Waals surface area contributed by atoms with Gasteiger partial charge in [0.15, 0.2) is 0 Å². The maximum atomic E-state index is 13.0. The maximum Gasteiger partial charge on any atom is 0.255 e. The molecule has 3 fully saturated rings. The van der Waals surface area contributed by atoms with E-state index in [1.807, 2.05) is 23.9 Å². The van der Waals surface area contributed by atoms with Crippen molar-refractivity contribution in [2.45, 2.75) is 94.7 Å². The quantitative estimate of drug-likeness (QED) is 0.314. The van der Waals surface area contributed by atoms with E-state index in [0.717, 1.165) is 53.4 Å². The van der Waals surface area contributed by atoms with Gasteiger partial charge in [0.05, 0.1) is 0 Å². The van der Waals surface area contributed by atoms with Crippen molar-refractivity contribution in [1.29, 1.82) is 0 Å². The number of benzene rings is 1. The average molecular weight is 498 g/mol. The number of nitrogens with zero attached hydrogens (tertiary/aromatic N) is 1. The van der Waals surface area contributed by atoms with Crippen LogP contribution in [0.25, 0.3) is 0 Å². The van der Waals surface area contributed by atoms with Gasteiger partial charge in [-0.3, -0.25) is 19.7 Å². The van der Waals surface area contributed by atoms with E-state index in [4.69, 9.17) is 0 Å². The third-order valence-corrected chi connectivity index (χ3v) is 9.72. The second kappa shape index (κ2) is 10.3. The zero-order valence-electron chi connectivity index (χ0n) is 21.1. The summed E-state index contributed by atoms with van der Waals surface area (Å²) in [7, 11) is 0. The molecule has 2 heterocycles. The first-order valence-electron chi connectivity index (χ1n) is 13.5. The first-order valence-corrected chi connectivity index (χ1v) is 14.4. The summed E-state index contributed by atoms with van der Waals surface area (Å²) in [6, 6.07) is 5.33. The molecule has 35 heavy (non-hydrogen) atoms. The van der Waals surface area contributed by atoms with Crippen molar-refractivity contribution < 1.29 is 14.4 Å². The lowest BCUT2D eigenvalue weighted by Gasteiger charge is -2.47. The van der Waals surface area contributed by atoms with Gasteiger partial charge < -0.3 is 10.2 Å². The van der Waals surface area contributed by atoms with Gasteiger partial charge in [0.1, 0.15) is 6.04 Å². The Labute approximate surface area is 213 Å². The molecular formula is C28H39N3O3S. The van der Waals surface area contributed by atoms with E-state index in [2.05, 4.69) is 30.5 Å². The number of fused-ring (bicyclic) bond motifs is 3. The number of amides is 3. The molecule has 1 saturated heterocycles. The van der Waals surface area contributed by atoms with Crippen molar-refractivity contribution in [2.24, 2.45) is 17.8 Å². The molecule has 2 aliphatic heterocycles. The smallest absolute Gasteiger partial charge is 0.255 e. The molecule has 6 nitrogen and oxygen atoms in total. The lowest BCUT2D eigenvalue weighted by molar-refractivity contribution is -0.136. The molecule has 7 heteroatoms. The molecule has 3 amide bonds. The molecular weight excluding hydrogens is 458 g/mol. The van der Waals surface area contributed by atoms with Gasteiger partial charge >= 0.3 is 0 Å². The summed E-state index contributed by atoms with van der Waals surface area (Å²) in [5.74, 6) is 3.04. The number of unbranched alkanes of at least 4 members (excludes halogenated alkanes) is 1. The van der Waals surface area contributed by atoms with Crippen molar-refractivity contribution >= 4 is 29.5 Å². The molecule has 2 saturated carbocycles. The number of nitrogens with one attached hydrogen (secondary N) is 2. The minimum Gasteiger partial charge on any atom is -0.322 e. The highest BCUT2D eigenvalue weighted by Crippen LogP contribution is 2.46. The molecule has 1 aromatic rings. The van der Waals surface area contributed by atoms with Gasteiger partial charge in [-0.15, -0.1) is 11.8 Å². The fraction of sp³-hybridized carbons (Fsp3) is 0.679. The monoisotopic (exact) mass is 497 g/mol. The van der Waals surface area contributed by atoms with E-state index in [9.17, 15) is 14.4 Å². The topological polar surface area (TPSA) is 78.5 Å². The molecule has 3 unspecified atom stereocenters. The highest BCUT2D eigenvalue weighted by Gasteiger charge is 2.41. The molecule has 3 atom stereocenters. The van der Waals surface area contributed by atoms with Crippen molar-refractivity contribution in [2.75, 3.05) is 12.3 Å². The number of thioether (sulfide) groups is 1. The van der Waals surface area contributed by atoms with Gasteiger partial charge in [-0.2, -0.15) is 0 Å². The Kier molecular flexibility index (Phi) is 7.27. The summed E-state index contributed by atoms with van der Waals surface area (Å²) in [4.78, 5) is 39.6. The summed E-state index contributed by atoms with van der Waals surface area (Å²) in [5.41, 5.74) is 2.04. The first kappa shape index (κ1) is 24.8. The zero-order valence-corrected chi connectivity index (χ0v) is 21.9. The SMILES string of the molecule is CC1CC2CC(C1)CC(C)(NCCCCSc1cccc3c1CN(C1CCC(=O)NC1=O)C3=O)C2. The minimum atomic E-state index is -0.555. The third kappa shape index (κ3) is 5.46. The Morgan fingerprint density at radius 3 is 2.63 bits per heavy atom. The Morgan fingerprint density at radius 2 is 1.89 bits per heavy atom. The second-order valence-corrected chi connectivity index (χ2v) is 12.8. The van der Waals surface area contributed by atoms with Crippen LogP contribution in [0.3, 0.4) is 0 Å². The number of piperidine rings is 1. The summed E-state index contributed by atoms with van der Waals surface area (Å²) >= 11 is 1.82. The Bertz CT molecular complexity index is 978. The van der Waals surface area contributed by atoms with E-state index < -0.39 is 6.04 Å². The molecule has 1 aromatic carbocycles. The summed E-state index contributed by atoms with van der Waals surface area (Å²) < 4.78 is 0. The number of carbonyl (C=O) groups excluding carboxylic acids is 3. The average Bonchev–Trinajstić information content (AvgIpc) is 3.12. The molecule has 4 aliphatic rings. The summed E-state index contributed by atoms with van der Waals surface area (Å²) in [6.07, 6.45) is 9.91. The van der Waals surface area contributed by atoms with Crippen LogP contribution in [-0.2, 0) is 16.1 Å². The van der Waals surface area contributed by atoms with Crippen LogP contribution < -0.4 is 10.6 Å². The molecule has 2 N–H and O–H groups in total. The summed E-state index contributed by atoms with van der Waals surface area (Å²) in [5, 5.41) is 6.29.